The van der Waals surface area contributed by atoms with Crippen molar-refractivity contribution in [2.75, 3.05) is 39.8 Å². The van der Waals surface area contributed by atoms with Gasteiger partial charge in [0.1, 0.15) is 0 Å². The van der Waals surface area contributed by atoms with Gasteiger partial charge in [0.2, 0.25) is 0 Å². The molecule has 0 aliphatic carbocycles. The number of nitrogens with two attached hydrogens (primary N) is 1. The van der Waals surface area contributed by atoms with Crippen molar-refractivity contribution in [3.05, 3.63) is 163 Å². The van der Waals surface area contributed by atoms with Crippen LogP contribution in [0.2, 0.25) is 0 Å². The molecule has 0 bridgehead atoms. The molecule has 52 heavy (non-hydrogen) atoms. The molecule has 1 aliphatic heterocycles. The van der Waals surface area contributed by atoms with Crippen molar-refractivity contribution >= 4 is 6.08 Å². The van der Waals surface area contributed by atoms with E-state index in [1.54, 1.807) is 24.4 Å². The highest BCUT2D eigenvalue weighted by Crippen LogP contribution is 2.39. The molecule has 274 valence electrons. The molecule has 0 aromatic heterocycles. The molecule has 5 rings (SSSR count). The number of benzene rings is 4. The Morgan fingerprint density at radius 3 is 2.13 bits per heavy atom. The predicted molar refractivity (Wildman–Crippen MR) is 210 cm³/mol. The van der Waals surface area contributed by atoms with E-state index in [0.717, 1.165) is 54.6 Å². The van der Waals surface area contributed by atoms with Crippen LogP contribution in [-0.4, -0.2) is 44.7 Å². The molecule has 8 heteroatoms. The summed E-state index contributed by atoms with van der Waals surface area (Å²) in [6.45, 7) is 16.1. The van der Waals surface area contributed by atoms with Gasteiger partial charge in [-0.05, 0) is 102 Å². The van der Waals surface area contributed by atoms with Crippen molar-refractivity contribution in [2.45, 2.75) is 37.8 Å². The van der Waals surface area contributed by atoms with Gasteiger partial charge in [-0.2, -0.15) is 18.4 Å². The van der Waals surface area contributed by atoms with Crippen LogP contribution in [0.3, 0.4) is 0 Å². The minimum absolute atomic E-state index is 0.0715. The first-order valence-electron chi connectivity index (χ1n) is 17.7. The van der Waals surface area contributed by atoms with Gasteiger partial charge >= 0.3 is 6.18 Å². The first-order chi connectivity index (χ1) is 25.1. The third kappa shape index (κ3) is 13.6. The summed E-state index contributed by atoms with van der Waals surface area (Å²) in [5, 5.41) is 15.9. The fourth-order valence-electron chi connectivity index (χ4n) is 6.32. The van der Waals surface area contributed by atoms with Crippen molar-refractivity contribution in [3.8, 4) is 17.2 Å². The molecule has 4 aromatic carbocycles. The number of piperazine rings is 1. The zero-order valence-corrected chi connectivity index (χ0v) is 30.2. The van der Waals surface area contributed by atoms with Crippen LogP contribution in [-0.2, 0) is 19.0 Å². The Labute approximate surface area is 308 Å². The maximum atomic E-state index is 14.0. The standard InChI is InChI=1S/C37H35F3N2.C5H12N2.C2H5N/c1-3-27-13-16-30(17-14-27)32-12-8-11-29(23-32)24-35(33-19-20-34(26-41)36(25-33)37(38,39)40)31(21-22-42-4-2)18-15-28-9-6-5-7-10-28;1-7-4-2-6-3-5-7;1-2-3/h3-14,16-17,19-20,23,25,31,35,42H,1-2,15,18,21-22,24H2;6H,2-5H2,1H3;2H,1,3H2. The summed E-state index contributed by atoms with van der Waals surface area (Å²) in [5.74, 6) is -0.130. The second kappa shape index (κ2) is 22.0. The number of aryl methyl sites for hydroxylation is 1. The number of nitrogens with one attached hydrogen (secondary N) is 2. The molecular formula is C44H52F3N5. The SMILES string of the molecule is C=CN.C=CNCCC(CCc1ccccc1)C(Cc1cccc(-c2ccc(C=C)cc2)c1)c1ccc(C#N)c(C(F)(F)F)c1.CN1CCNCC1. The number of hydrogen-bond donors (Lipinski definition) is 3. The zero-order chi connectivity index (χ0) is 37.8. The lowest BCUT2D eigenvalue weighted by atomic mass is 9.76. The molecule has 4 N–H and O–H groups in total. The van der Waals surface area contributed by atoms with Crippen molar-refractivity contribution in [1.82, 2.24) is 15.5 Å². The highest BCUT2D eigenvalue weighted by molar-refractivity contribution is 5.66. The molecule has 2 atom stereocenters. The minimum atomic E-state index is -4.62. The third-order valence-corrected chi connectivity index (χ3v) is 9.12. The van der Waals surface area contributed by atoms with Crippen molar-refractivity contribution < 1.29 is 13.2 Å². The Bertz CT molecular complexity index is 1700. The van der Waals surface area contributed by atoms with E-state index >= 15 is 0 Å². The average Bonchev–Trinajstić information content (AvgIpc) is 3.16. The van der Waals surface area contributed by atoms with Crippen molar-refractivity contribution in [2.24, 2.45) is 11.7 Å². The summed E-state index contributed by atoms with van der Waals surface area (Å²) in [4.78, 5) is 2.33. The fourth-order valence-corrected chi connectivity index (χ4v) is 6.32. The Balaban J connectivity index is 0.000000634. The largest absolute Gasteiger partial charge is 0.417 e. The second-order valence-electron chi connectivity index (χ2n) is 12.8. The van der Waals surface area contributed by atoms with E-state index in [1.807, 2.05) is 60.7 Å². The molecule has 2 unspecified atom stereocenters. The van der Waals surface area contributed by atoms with Gasteiger partial charge < -0.3 is 21.3 Å². The molecule has 0 amide bonds. The molecule has 1 fully saturated rings. The van der Waals surface area contributed by atoms with Gasteiger partial charge in [0, 0.05) is 32.7 Å². The summed E-state index contributed by atoms with van der Waals surface area (Å²) >= 11 is 0. The number of halogens is 3. The second-order valence-corrected chi connectivity index (χ2v) is 12.8. The molecular weight excluding hydrogens is 656 g/mol. The lowest BCUT2D eigenvalue weighted by molar-refractivity contribution is -0.137. The Morgan fingerprint density at radius 1 is 0.885 bits per heavy atom. The molecule has 4 aromatic rings. The highest BCUT2D eigenvalue weighted by Gasteiger charge is 2.35. The lowest BCUT2D eigenvalue weighted by Crippen LogP contribution is -2.40. The number of rotatable bonds is 13. The van der Waals surface area contributed by atoms with Crippen LogP contribution in [0.4, 0.5) is 13.2 Å². The van der Waals surface area contributed by atoms with E-state index in [1.165, 1.54) is 37.0 Å². The predicted octanol–water partition coefficient (Wildman–Crippen LogP) is 9.20. The number of nitrogens with zero attached hydrogens (tertiary/aromatic N) is 2. The van der Waals surface area contributed by atoms with Gasteiger partial charge in [0.15, 0.2) is 0 Å². The molecule has 1 saturated heterocycles. The Morgan fingerprint density at radius 2 is 1.56 bits per heavy atom. The van der Waals surface area contributed by atoms with Crippen molar-refractivity contribution in [3.63, 3.8) is 0 Å². The van der Waals surface area contributed by atoms with E-state index in [4.69, 9.17) is 0 Å². The van der Waals surface area contributed by atoms with Gasteiger partial charge in [0.05, 0.1) is 17.2 Å². The summed E-state index contributed by atoms with van der Waals surface area (Å²) in [5.41, 5.74) is 9.35. The molecule has 0 radical (unpaired) electrons. The van der Waals surface area contributed by atoms with Gasteiger partial charge in [0.25, 0.3) is 0 Å². The molecule has 5 nitrogen and oxygen atoms in total. The van der Waals surface area contributed by atoms with Crippen LogP contribution in [0, 0.1) is 17.2 Å². The summed E-state index contributed by atoms with van der Waals surface area (Å²) in [7, 11) is 2.15. The fraction of sp³-hybridized carbons (Fsp3) is 0.295. The van der Waals surface area contributed by atoms with Gasteiger partial charge in [-0.1, -0.05) is 111 Å². The van der Waals surface area contributed by atoms with Crippen LogP contribution in [0.5, 0.6) is 0 Å². The molecule has 1 aliphatic rings. The maximum absolute atomic E-state index is 14.0. The normalized spacial score (nSPS) is 13.8. The van der Waals surface area contributed by atoms with Gasteiger partial charge in [-0.25, -0.2) is 0 Å². The summed E-state index contributed by atoms with van der Waals surface area (Å²) in [6.07, 6.45) is 3.02. The van der Waals surface area contributed by atoms with Gasteiger partial charge in [-0.3, -0.25) is 0 Å². The lowest BCUT2D eigenvalue weighted by Gasteiger charge is -2.29. The number of likely N-dealkylation sites (N-methyl/N-ethyl adjacent to an activating group) is 1. The van der Waals surface area contributed by atoms with Crippen molar-refractivity contribution in [1.29, 1.82) is 5.26 Å². The average molecular weight is 708 g/mol. The Hall–Kier alpha value is -5.10. The van der Waals surface area contributed by atoms with Crippen LogP contribution >= 0.6 is 0 Å². The van der Waals surface area contributed by atoms with E-state index in [-0.39, 0.29) is 17.4 Å². The number of hydrogen-bond acceptors (Lipinski definition) is 5. The summed E-state index contributed by atoms with van der Waals surface area (Å²) in [6, 6.07) is 32.4. The number of nitriles is 1. The molecule has 0 spiro atoms. The van der Waals surface area contributed by atoms with E-state index in [9.17, 15) is 18.4 Å². The van der Waals surface area contributed by atoms with Crippen LogP contribution < -0.4 is 16.4 Å². The summed E-state index contributed by atoms with van der Waals surface area (Å²) < 4.78 is 42.1. The molecule has 1 heterocycles. The van der Waals surface area contributed by atoms with E-state index < -0.39 is 11.7 Å². The van der Waals surface area contributed by atoms with E-state index in [2.05, 4.69) is 66.3 Å². The number of alkyl halides is 3. The first-order valence-corrected chi connectivity index (χ1v) is 17.7. The topological polar surface area (TPSA) is 77.1 Å². The van der Waals surface area contributed by atoms with Crippen LogP contribution in [0.15, 0.2) is 129 Å². The van der Waals surface area contributed by atoms with Crippen LogP contribution in [0.1, 0.15) is 52.1 Å². The van der Waals surface area contributed by atoms with Crippen LogP contribution in [0.25, 0.3) is 17.2 Å². The van der Waals surface area contributed by atoms with Gasteiger partial charge in [-0.15, -0.1) is 0 Å². The Kier molecular flexibility index (Phi) is 17.5. The molecule has 0 saturated carbocycles. The third-order valence-electron chi connectivity index (χ3n) is 9.12. The smallest absolute Gasteiger partial charge is 0.405 e. The maximum Gasteiger partial charge on any atom is 0.417 e. The monoisotopic (exact) mass is 707 g/mol. The quantitative estimate of drug-likeness (QED) is 0.121. The minimum Gasteiger partial charge on any atom is -0.405 e. The zero-order valence-electron chi connectivity index (χ0n) is 30.2. The van der Waals surface area contributed by atoms with E-state index in [0.29, 0.717) is 18.5 Å². The highest BCUT2D eigenvalue weighted by atomic mass is 19.4. The first kappa shape index (κ1) is 41.3.